The van der Waals surface area contributed by atoms with Crippen molar-refractivity contribution < 1.29 is 4.74 Å². The smallest absolute Gasteiger partial charge is 0.0653 e. The van der Waals surface area contributed by atoms with Crippen molar-refractivity contribution in [3.8, 4) is 0 Å². The van der Waals surface area contributed by atoms with Crippen molar-refractivity contribution in [2.75, 3.05) is 7.11 Å². The maximum absolute atomic E-state index is 5.43. The van der Waals surface area contributed by atoms with E-state index in [1.54, 1.807) is 0 Å². The first-order chi connectivity index (χ1) is 4.70. The third kappa shape index (κ3) is 1.51. The second kappa shape index (κ2) is 2.91. The average Bonchev–Trinajstić information content (AvgIpc) is 2.33. The molecule has 2 unspecified atom stereocenters. The molecule has 0 aliphatic heterocycles. The highest BCUT2D eigenvalue weighted by Gasteiger charge is 2.33. The first-order valence-electron chi connectivity index (χ1n) is 4.25. The standard InChI is InChI=1S/C9H18O/c1-4-8-5-6-9(2,7-8)10-3/h8H,4-7H2,1-3H3. The summed E-state index contributed by atoms with van der Waals surface area (Å²) in [7, 11) is 1.83. The van der Waals surface area contributed by atoms with E-state index in [1.807, 2.05) is 7.11 Å². The van der Waals surface area contributed by atoms with Gasteiger partial charge in [0.1, 0.15) is 0 Å². The Balaban J connectivity index is 2.41. The van der Waals surface area contributed by atoms with E-state index in [2.05, 4.69) is 13.8 Å². The van der Waals surface area contributed by atoms with E-state index in [-0.39, 0.29) is 5.60 Å². The second-order valence-electron chi connectivity index (χ2n) is 3.67. The van der Waals surface area contributed by atoms with Gasteiger partial charge in [-0.15, -0.1) is 0 Å². The molecular weight excluding hydrogens is 124 g/mol. The minimum Gasteiger partial charge on any atom is -0.379 e. The summed E-state index contributed by atoms with van der Waals surface area (Å²) in [6.07, 6.45) is 5.20. The average molecular weight is 142 g/mol. The lowest BCUT2D eigenvalue weighted by Gasteiger charge is -2.21. The monoisotopic (exact) mass is 142 g/mol. The maximum Gasteiger partial charge on any atom is 0.0653 e. The van der Waals surface area contributed by atoms with Gasteiger partial charge >= 0.3 is 0 Å². The van der Waals surface area contributed by atoms with Crippen molar-refractivity contribution in [3.63, 3.8) is 0 Å². The van der Waals surface area contributed by atoms with Gasteiger partial charge in [-0.25, -0.2) is 0 Å². The topological polar surface area (TPSA) is 9.23 Å². The molecule has 1 heteroatoms. The summed E-state index contributed by atoms with van der Waals surface area (Å²) >= 11 is 0. The van der Waals surface area contributed by atoms with Crippen LogP contribution in [0.2, 0.25) is 0 Å². The Kier molecular flexibility index (Phi) is 2.35. The van der Waals surface area contributed by atoms with Gasteiger partial charge in [0, 0.05) is 7.11 Å². The summed E-state index contributed by atoms with van der Waals surface area (Å²) in [6, 6.07) is 0. The molecule has 0 heterocycles. The van der Waals surface area contributed by atoms with Crippen molar-refractivity contribution in [3.05, 3.63) is 0 Å². The van der Waals surface area contributed by atoms with Crippen LogP contribution >= 0.6 is 0 Å². The van der Waals surface area contributed by atoms with Crippen LogP contribution in [-0.4, -0.2) is 12.7 Å². The molecule has 1 saturated carbocycles. The highest BCUT2D eigenvalue weighted by atomic mass is 16.5. The van der Waals surface area contributed by atoms with Gasteiger partial charge in [-0.3, -0.25) is 0 Å². The van der Waals surface area contributed by atoms with Crippen LogP contribution in [0, 0.1) is 5.92 Å². The Hall–Kier alpha value is -0.0400. The van der Waals surface area contributed by atoms with Crippen molar-refractivity contribution in [2.24, 2.45) is 5.92 Å². The SMILES string of the molecule is CCC1CCC(C)(OC)C1. The fourth-order valence-corrected chi connectivity index (χ4v) is 1.86. The van der Waals surface area contributed by atoms with Crippen LogP contribution in [0.4, 0.5) is 0 Å². The molecule has 0 aromatic heterocycles. The fraction of sp³-hybridized carbons (Fsp3) is 1.00. The molecule has 1 aliphatic rings. The number of hydrogen-bond acceptors (Lipinski definition) is 1. The van der Waals surface area contributed by atoms with Crippen LogP contribution in [0.15, 0.2) is 0 Å². The summed E-state index contributed by atoms with van der Waals surface area (Å²) in [5.74, 6) is 0.921. The van der Waals surface area contributed by atoms with E-state index in [9.17, 15) is 0 Å². The van der Waals surface area contributed by atoms with Crippen molar-refractivity contribution >= 4 is 0 Å². The minimum absolute atomic E-state index is 0.209. The van der Waals surface area contributed by atoms with E-state index in [1.165, 1.54) is 25.7 Å². The molecule has 0 amide bonds. The van der Waals surface area contributed by atoms with Gasteiger partial charge in [0.15, 0.2) is 0 Å². The third-order valence-electron chi connectivity index (χ3n) is 2.87. The first-order valence-corrected chi connectivity index (χ1v) is 4.25. The Labute approximate surface area is 63.8 Å². The van der Waals surface area contributed by atoms with Crippen molar-refractivity contribution in [1.82, 2.24) is 0 Å². The molecule has 10 heavy (non-hydrogen) atoms. The molecule has 0 radical (unpaired) electrons. The Morgan fingerprint density at radius 1 is 1.60 bits per heavy atom. The summed E-state index contributed by atoms with van der Waals surface area (Å²) in [4.78, 5) is 0. The molecule has 1 nitrogen and oxygen atoms in total. The van der Waals surface area contributed by atoms with Crippen LogP contribution in [-0.2, 0) is 4.74 Å². The lowest BCUT2D eigenvalue weighted by molar-refractivity contribution is 0.00903. The summed E-state index contributed by atoms with van der Waals surface area (Å²) in [6.45, 7) is 4.49. The van der Waals surface area contributed by atoms with Gasteiger partial charge < -0.3 is 4.74 Å². The predicted molar refractivity (Wildman–Crippen MR) is 43.0 cm³/mol. The summed E-state index contributed by atoms with van der Waals surface area (Å²) in [5.41, 5.74) is 0.209. The fourth-order valence-electron chi connectivity index (χ4n) is 1.86. The van der Waals surface area contributed by atoms with Crippen molar-refractivity contribution in [1.29, 1.82) is 0 Å². The molecule has 0 spiro atoms. The molecule has 2 atom stereocenters. The molecule has 0 saturated heterocycles. The molecule has 0 bridgehead atoms. The van der Waals surface area contributed by atoms with Gasteiger partial charge in [-0.05, 0) is 32.1 Å². The number of ether oxygens (including phenoxy) is 1. The molecule has 0 aromatic carbocycles. The summed E-state index contributed by atoms with van der Waals surface area (Å²) < 4.78 is 5.43. The second-order valence-corrected chi connectivity index (χ2v) is 3.67. The van der Waals surface area contributed by atoms with Crippen LogP contribution in [0.3, 0.4) is 0 Å². The predicted octanol–water partition coefficient (Wildman–Crippen LogP) is 2.60. The third-order valence-corrected chi connectivity index (χ3v) is 2.87. The van der Waals surface area contributed by atoms with Crippen LogP contribution in [0.25, 0.3) is 0 Å². The number of hydrogen-bond donors (Lipinski definition) is 0. The lowest BCUT2D eigenvalue weighted by Crippen LogP contribution is -2.22. The number of methoxy groups -OCH3 is 1. The molecule has 0 N–H and O–H groups in total. The molecule has 1 fully saturated rings. The Bertz CT molecular complexity index is 111. The van der Waals surface area contributed by atoms with Crippen molar-refractivity contribution in [2.45, 2.75) is 45.1 Å². The summed E-state index contributed by atoms with van der Waals surface area (Å²) in [5, 5.41) is 0. The first kappa shape index (κ1) is 8.06. The zero-order valence-corrected chi connectivity index (χ0v) is 7.31. The molecule has 0 aromatic rings. The lowest BCUT2D eigenvalue weighted by atomic mass is 10.0. The molecule has 1 rings (SSSR count). The zero-order chi connectivity index (χ0) is 7.61. The number of rotatable bonds is 2. The van der Waals surface area contributed by atoms with E-state index in [0.717, 1.165) is 5.92 Å². The Morgan fingerprint density at radius 2 is 2.30 bits per heavy atom. The normalized spacial score (nSPS) is 40.5. The van der Waals surface area contributed by atoms with Crippen LogP contribution < -0.4 is 0 Å². The minimum atomic E-state index is 0.209. The highest BCUT2D eigenvalue weighted by molar-refractivity contribution is 4.85. The van der Waals surface area contributed by atoms with Gasteiger partial charge in [0.05, 0.1) is 5.60 Å². The van der Waals surface area contributed by atoms with Gasteiger partial charge in [-0.1, -0.05) is 13.3 Å². The maximum atomic E-state index is 5.43. The van der Waals surface area contributed by atoms with E-state index < -0.39 is 0 Å². The Morgan fingerprint density at radius 3 is 2.60 bits per heavy atom. The van der Waals surface area contributed by atoms with E-state index >= 15 is 0 Å². The van der Waals surface area contributed by atoms with Gasteiger partial charge in [-0.2, -0.15) is 0 Å². The molecule has 60 valence electrons. The zero-order valence-electron chi connectivity index (χ0n) is 7.31. The molecule has 1 aliphatic carbocycles. The van der Waals surface area contributed by atoms with Crippen LogP contribution in [0.5, 0.6) is 0 Å². The van der Waals surface area contributed by atoms with Gasteiger partial charge in [0.2, 0.25) is 0 Å². The quantitative estimate of drug-likeness (QED) is 0.576. The largest absolute Gasteiger partial charge is 0.379 e. The van der Waals surface area contributed by atoms with Gasteiger partial charge in [0.25, 0.3) is 0 Å². The molecular formula is C9H18O. The van der Waals surface area contributed by atoms with E-state index in [4.69, 9.17) is 4.74 Å². The van der Waals surface area contributed by atoms with Crippen LogP contribution in [0.1, 0.15) is 39.5 Å². The highest BCUT2D eigenvalue weighted by Crippen LogP contribution is 2.37. The van der Waals surface area contributed by atoms with E-state index in [0.29, 0.717) is 0 Å².